The number of nitrogens with two attached hydrogens (primary N) is 1. The van der Waals surface area contributed by atoms with Crippen molar-refractivity contribution < 1.29 is 8.81 Å². The van der Waals surface area contributed by atoms with Gasteiger partial charge in [0, 0.05) is 12.0 Å². The number of aryl methyl sites for hydroxylation is 1. The van der Waals surface area contributed by atoms with Gasteiger partial charge in [-0.15, -0.1) is 0 Å². The van der Waals surface area contributed by atoms with Crippen LogP contribution in [0.5, 0.6) is 0 Å². The fraction of sp³-hybridized carbons (Fsp3) is 0.250. The van der Waals surface area contributed by atoms with Crippen molar-refractivity contribution in [1.82, 2.24) is 4.98 Å². The minimum absolute atomic E-state index is 0.297. The number of hydrogen-bond acceptors (Lipinski definition) is 3. The predicted molar refractivity (Wildman–Crippen MR) is 59.4 cm³/mol. The molecule has 0 saturated carbocycles. The molecule has 0 saturated heterocycles. The Balaban J connectivity index is 2.37. The standard InChI is InChI=1S/C12H13FN2O/c1-8-11(5-6-14)16-12(15-8)9-3-2-4-10(13)7-9/h2-4,7H,5-6,14H2,1H3. The number of aromatic nitrogens is 1. The van der Waals surface area contributed by atoms with Crippen LogP contribution in [-0.2, 0) is 6.42 Å². The fourth-order valence-electron chi connectivity index (χ4n) is 1.54. The van der Waals surface area contributed by atoms with Crippen molar-refractivity contribution in [2.75, 3.05) is 6.54 Å². The van der Waals surface area contributed by atoms with Gasteiger partial charge in [0.15, 0.2) is 0 Å². The van der Waals surface area contributed by atoms with Gasteiger partial charge in [-0.05, 0) is 31.7 Å². The largest absolute Gasteiger partial charge is 0.441 e. The van der Waals surface area contributed by atoms with Gasteiger partial charge < -0.3 is 10.2 Å². The van der Waals surface area contributed by atoms with E-state index in [4.69, 9.17) is 10.2 Å². The lowest BCUT2D eigenvalue weighted by Crippen LogP contribution is -2.02. The highest BCUT2D eigenvalue weighted by atomic mass is 19.1. The third-order valence-electron chi connectivity index (χ3n) is 2.34. The molecule has 84 valence electrons. The molecular formula is C12H13FN2O. The Morgan fingerprint density at radius 3 is 2.94 bits per heavy atom. The quantitative estimate of drug-likeness (QED) is 0.863. The van der Waals surface area contributed by atoms with Gasteiger partial charge in [0.25, 0.3) is 0 Å². The summed E-state index contributed by atoms with van der Waals surface area (Å²) in [6, 6.07) is 6.19. The summed E-state index contributed by atoms with van der Waals surface area (Å²) in [5, 5.41) is 0. The summed E-state index contributed by atoms with van der Waals surface area (Å²) in [5.74, 6) is 0.913. The van der Waals surface area contributed by atoms with Crippen molar-refractivity contribution in [2.45, 2.75) is 13.3 Å². The number of benzene rings is 1. The molecule has 0 fully saturated rings. The lowest BCUT2D eigenvalue weighted by atomic mass is 10.2. The molecule has 2 aromatic rings. The van der Waals surface area contributed by atoms with Crippen molar-refractivity contribution in [3.05, 3.63) is 41.5 Å². The Kier molecular flexibility index (Phi) is 3.01. The Hall–Kier alpha value is -1.68. The van der Waals surface area contributed by atoms with Crippen LogP contribution in [0.1, 0.15) is 11.5 Å². The van der Waals surface area contributed by atoms with Gasteiger partial charge in [-0.3, -0.25) is 0 Å². The molecule has 0 amide bonds. The third kappa shape index (κ3) is 2.12. The van der Waals surface area contributed by atoms with Gasteiger partial charge in [0.1, 0.15) is 11.6 Å². The first kappa shape index (κ1) is 10.8. The summed E-state index contributed by atoms with van der Waals surface area (Å²) in [6.07, 6.45) is 0.647. The third-order valence-corrected chi connectivity index (χ3v) is 2.34. The number of oxazole rings is 1. The van der Waals surface area contributed by atoms with Gasteiger partial charge in [0.2, 0.25) is 5.89 Å². The maximum absolute atomic E-state index is 13.0. The van der Waals surface area contributed by atoms with Crippen molar-refractivity contribution in [2.24, 2.45) is 5.73 Å². The Labute approximate surface area is 93.1 Å². The number of rotatable bonds is 3. The lowest BCUT2D eigenvalue weighted by Gasteiger charge is -1.95. The molecule has 0 spiro atoms. The summed E-state index contributed by atoms with van der Waals surface area (Å²) in [4.78, 5) is 4.25. The van der Waals surface area contributed by atoms with E-state index < -0.39 is 0 Å². The average Bonchev–Trinajstić information content (AvgIpc) is 2.61. The summed E-state index contributed by atoms with van der Waals surface area (Å²) in [7, 11) is 0. The minimum atomic E-state index is -0.297. The molecule has 2 N–H and O–H groups in total. The van der Waals surface area contributed by atoms with Crippen LogP contribution in [0.3, 0.4) is 0 Å². The normalized spacial score (nSPS) is 10.7. The monoisotopic (exact) mass is 220 g/mol. The molecule has 3 nitrogen and oxygen atoms in total. The van der Waals surface area contributed by atoms with Gasteiger partial charge in [-0.25, -0.2) is 9.37 Å². The smallest absolute Gasteiger partial charge is 0.226 e. The second-order valence-electron chi connectivity index (χ2n) is 3.58. The highest BCUT2D eigenvalue weighted by molar-refractivity contribution is 5.53. The molecule has 0 bridgehead atoms. The molecule has 1 aromatic carbocycles. The van der Waals surface area contributed by atoms with Gasteiger partial charge in [-0.2, -0.15) is 0 Å². The first-order valence-electron chi connectivity index (χ1n) is 5.13. The van der Waals surface area contributed by atoms with Crippen molar-refractivity contribution >= 4 is 0 Å². The van der Waals surface area contributed by atoms with Crippen LogP contribution in [-0.4, -0.2) is 11.5 Å². The fourth-order valence-corrected chi connectivity index (χ4v) is 1.54. The first-order chi connectivity index (χ1) is 7.70. The Morgan fingerprint density at radius 2 is 2.25 bits per heavy atom. The lowest BCUT2D eigenvalue weighted by molar-refractivity contribution is 0.516. The molecule has 1 aromatic heterocycles. The summed E-state index contributed by atoms with van der Waals surface area (Å²) >= 11 is 0. The maximum atomic E-state index is 13.0. The molecular weight excluding hydrogens is 207 g/mol. The number of halogens is 1. The maximum Gasteiger partial charge on any atom is 0.226 e. The average molecular weight is 220 g/mol. The van der Waals surface area contributed by atoms with Gasteiger partial charge in [-0.1, -0.05) is 6.07 Å². The van der Waals surface area contributed by atoms with Crippen LogP contribution in [0.25, 0.3) is 11.5 Å². The summed E-state index contributed by atoms with van der Waals surface area (Å²) < 4.78 is 18.6. The van der Waals surface area contributed by atoms with Crippen LogP contribution in [0.4, 0.5) is 4.39 Å². The molecule has 0 aliphatic heterocycles. The Bertz CT molecular complexity index is 494. The van der Waals surface area contributed by atoms with E-state index in [1.54, 1.807) is 12.1 Å². The molecule has 0 aliphatic rings. The topological polar surface area (TPSA) is 52.0 Å². The molecule has 4 heteroatoms. The molecule has 0 radical (unpaired) electrons. The molecule has 2 rings (SSSR count). The summed E-state index contributed by atoms with van der Waals surface area (Å²) in [6.45, 7) is 2.37. The first-order valence-corrected chi connectivity index (χ1v) is 5.13. The van der Waals surface area contributed by atoms with Crippen molar-refractivity contribution in [3.8, 4) is 11.5 Å². The van der Waals surface area contributed by atoms with Crippen molar-refractivity contribution in [1.29, 1.82) is 0 Å². The summed E-state index contributed by atoms with van der Waals surface area (Å²) in [5.41, 5.74) is 6.91. The number of hydrogen-bond donors (Lipinski definition) is 1. The highest BCUT2D eigenvalue weighted by Gasteiger charge is 2.10. The van der Waals surface area contributed by atoms with E-state index in [1.165, 1.54) is 12.1 Å². The Morgan fingerprint density at radius 1 is 1.44 bits per heavy atom. The zero-order chi connectivity index (χ0) is 11.5. The van der Waals surface area contributed by atoms with Crippen LogP contribution >= 0.6 is 0 Å². The SMILES string of the molecule is Cc1nc(-c2cccc(F)c2)oc1CCN. The second kappa shape index (κ2) is 4.45. The molecule has 0 unspecified atom stereocenters. The van der Waals surface area contributed by atoms with E-state index in [-0.39, 0.29) is 5.82 Å². The van der Waals surface area contributed by atoms with E-state index in [0.29, 0.717) is 24.4 Å². The van der Waals surface area contributed by atoms with E-state index in [0.717, 1.165) is 11.5 Å². The van der Waals surface area contributed by atoms with Crippen LogP contribution < -0.4 is 5.73 Å². The van der Waals surface area contributed by atoms with Crippen molar-refractivity contribution in [3.63, 3.8) is 0 Å². The number of nitrogens with zero attached hydrogens (tertiary/aromatic N) is 1. The van der Waals surface area contributed by atoms with Gasteiger partial charge in [0.05, 0.1) is 5.69 Å². The predicted octanol–water partition coefficient (Wildman–Crippen LogP) is 2.29. The highest BCUT2D eigenvalue weighted by Crippen LogP contribution is 2.22. The zero-order valence-corrected chi connectivity index (χ0v) is 9.03. The molecule has 0 aliphatic carbocycles. The second-order valence-corrected chi connectivity index (χ2v) is 3.58. The van der Waals surface area contributed by atoms with E-state index in [1.807, 2.05) is 6.92 Å². The van der Waals surface area contributed by atoms with Crippen LogP contribution in [0, 0.1) is 12.7 Å². The zero-order valence-electron chi connectivity index (χ0n) is 9.03. The van der Waals surface area contributed by atoms with Crippen LogP contribution in [0.2, 0.25) is 0 Å². The van der Waals surface area contributed by atoms with E-state index in [9.17, 15) is 4.39 Å². The molecule has 16 heavy (non-hydrogen) atoms. The minimum Gasteiger partial charge on any atom is -0.441 e. The van der Waals surface area contributed by atoms with E-state index >= 15 is 0 Å². The van der Waals surface area contributed by atoms with Crippen LogP contribution in [0.15, 0.2) is 28.7 Å². The van der Waals surface area contributed by atoms with E-state index in [2.05, 4.69) is 4.98 Å². The molecule has 1 heterocycles. The van der Waals surface area contributed by atoms with Gasteiger partial charge >= 0.3 is 0 Å². The molecule has 0 atom stereocenters.